The molecule has 0 heterocycles. The lowest BCUT2D eigenvalue weighted by Crippen LogP contribution is -2.23. The van der Waals surface area contributed by atoms with Gasteiger partial charge in [0.2, 0.25) is 5.91 Å². The first-order valence-corrected chi connectivity index (χ1v) is 9.35. The van der Waals surface area contributed by atoms with Crippen molar-refractivity contribution in [3.63, 3.8) is 0 Å². The van der Waals surface area contributed by atoms with Gasteiger partial charge in [0.05, 0.1) is 4.90 Å². The van der Waals surface area contributed by atoms with Crippen LogP contribution in [0.4, 0.5) is 0 Å². The molecule has 2 aromatic carbocycles. The number of carbonyl (C=O) groups is 1. The van der Waals surface area contributed by atoms with Crippen molar-refractivity contribution in [2.24, 2.45) is 0 Å². The van der Waals surface area contributed by atoms with Crippen LogP contribution in [0, 0.1) is 6.92 Å². The molecule has 5 heteroatoms. The van der Waals surface area contributed by atoms with Gasteiger partial charge < -0.3 is 5.32 Å². The van der Waals surface area contributed by atoms with Crippen LogP contribution in [-0.2, 0) is 27.6 Å². The first-order chi connectivity index (χ1) is 10.8. The minimum absolute atomic E-state index is 0.0151. The van der Waals surface area contributed by atoms with Crippen molar-refractivity contribution in [3.8, 4) is 0 Å². The summed E-state index contributed by atoms with van der Waals surface area (Å²) in [5, 5.41) is 2.85. The quantitative estimate of drug-likeness (QED) is 0.885. The molecule has 0 saturated carbocycles. The number of sulfone groups is 1. The summed E-state index contributed by atoms with van der Waals surface area (Å²) in [7, 11) is -3.18. The average molecular weight is 331 g/mol. The smallest absolute Gasteiger partial charge is 0.220 e. The van der Waals surface area contributed by atoms with Crippen LogP contribution >= 0.6 is 0 Å². The minimum Gasteiger partial charge on any atom is -0.352 e. The maximum atomic E-state index is 11.9. The highest BCUT2D eigenvalue weighted by Crippen LogP contribution is 2.10. The van der Waals surface area contributed by atoms with E-state index >= 15 is 0 Å². The molecular formula is C18H21NO3S. The Kier molecular flexibility index (Phi) is 5.55. The van der Waals surface area contributed by atoms with Crippen LogP contribution in [0.25, 0.3) is 0 Å². The molecule has 0 aliphatic heterocycles. The summed E-state index contributed by atoms with van der Waals surface area (Å²) < 4.78 is 22.8. The molecule has 4 nitrogen and oxygen atoms in total. The van der Waals surface area contributed by atoms with Gasteiger partial charge in [-0.3, -0.25) is 4.79 Å². The molecule has 0 aromatic heterocycles. The zero-order valence-corrected chi connectivity index (χ0v) is 14.2. The van der Waals surface area contributed by atoms with Gasteiger partial charge in [-0.1, -0.05) is 42.0 Å². The van der Waals surface area contributed by atoms with E-state index in [9.17, 15) is 13.2 Å². The van der Waals surface area contributed by atoms with E-state index in [0.29, 0.717) is 19.4 Å². The molecule has 2 aromatic rings. The Labute approximate surface area is 137 Å². The highest BCUT2D eigenvalue weighted by molar-refractivity contribution is 7.90. The van der Waals surface area contributed by atoms with Gasteiger partial charge in [-0.2, -0.15) is 0 Å². The van der Waals surface area contributed by atoms with Crippen molar-refractivity contribution in [1.82, 2.24) is 5.32 Å². The lowest BCUT2D eigenvalue weighted by atomic mass is 10.1. The van der Waals surface area contributed by atoms with Gasteiger partial charge >= 0.3 is 0 Å². The number of aryl methyl sites for hydroxylation is 2. The predicted molar refractivity (Wildman–Crippen MR) is 90.9 cm³/mol. The standard InChI is InChI=1S/C18H21NO3S/c1-14-4-3-5-15(12-14)8-11-18(20)19-13-16-6-9-17(10-7-16)23(2,21)22/h3-7,9-10,12H,8,11,13H2,1-2H3,(H,19,20). The second-order valence-corrected chi connectivity index (χ2v) is 7.70. The normalized spacial score (nSPS) is 11.2. The van der Waals surface area contributed by atoms with Gasteiger partial charge in [0.25, 0.3) is 0 Å². The molecule has 0 radical (unpaired) electrons. The van der Waals surface area contributed by atoms with Crippen LogP contribution in [0.3, 0.4) is 0 Å². The van der Waals surface area contributed by atoms with E-state index in [1.807, 2.05) is 25.1 Å². The Hall–Kier alpha value is -2.14. The fraction of sp³-hybridized carbons (Fsp3) is 0.278. The van der Waals surface area contributed by atoms with E-state index < -0.39 is 9.84 Å². The fourth-order valence-corrected chi connectivity index (χ4v) is 2.90. The van der Waals surface area contributed by atoms with E-state index in [1.165, 1.54) is 11.8 Å². The maximum absolute atomic E-state index is 11.9. The minimum atomic E-state index is -3.18. The molecule has 0 unspecified atom stereocenters. The summed E-state index contributed by atoms with van der Waals surface area (Å²) >= 11 is 0. The van der Waals surface area contributed by atoms with Crippen LogP contribution in [0.2, 0.25) is 0 Å². The number of hydrogen-bond acceptors (Lipinski definition) is 3. The van der Waals surface area contributed by atoms with Crippen LogP contribution in [-0.4, -0.2) is 20.6 Å². The highest BCUT2D eigenvalue weighted by atomic mass is 32.2. The van der Waals surface area contributed by atoms with Crippen molar-refractivity contribution in [2.75, 3.05) is 6.26 Å². The predicted octanol–water partition coefficient (Wildman–Crippen LogP) is 2.65. The molecule has 0 saturated heterocycles. The zero-order chi connectivity index (χ0) is 16.9. The summed E-state index contributed by atoms with van der Waals surface area (Å²) in [6, 6.07) is 14.7. The van der Waals surface area contributed by atoms with Crippen molar-refractivity contribution < 1.29 is 13.2 Å². The van der Waals surface area contributed by atoms with Crippen molar-refractivity contribution in [1.29, 1.82) is 0 Å². The molecule has 0 fully saturated rings. The molecule has 0 spiro atoms. The van der Waals surface area contributed by atoms with Crippen molar-refractivity contribution >= 4 is 15.7 Å². The third kappa shape index (κ3) is 5.53. The third-order valence-electron chi connectivity index (χ3n) is 3.56. The maximum Gasteiger partial charge on any atom is 0.220 e. The first-order valence-electron chi connectivity index (χ1n) is 7.46. The Morgan fingerprint density at radius 2 is 1.74 bits per heavy atom. The second kappa shape index (κ2) is 7.42. The topological polar surface area (TPSA) is 63.2 Å². The summed E-state index contributed by atoms with van der Waals surface area (Å²) in [6.45, 7) is 2.43. The molecule has 23 heavy (non-hydrogen) atoms. The fourth-order valence-electron chi connectivity index (χ4n) is 2.27. The molecule has 1 amide bonds. The van der Waals surface area contributed by atoms with Crippen LogP contribution in [0.1, 0.15) is 23.1 Å². The second-order valence-electron chi connectivity index (χ2n) is 5.68. The molecule has 0 atom stereocenters. The Balaban J connectivity index is 1.82. The van der Waals surface area contributed by atoms with Gasteiger partial charge in [-0.25, -0.2) is 8.42 Å². The van der Waals surface area contributed by atoms with Crippen LogP contribution in [0.15, 0.2) is 53.4 Å². The van der Waals surface area contributed by atoms with E-state index in [0.717, 1.165) is 11.1 Å². The van der Waals surface area contributed by atoms with E-state index in [2.05, 4.69) is 11.4 Å². The number of hydrogen-bond donors (Lipinski definition) is 1. The van der Waals surface area contributed by atoms with Crippen molar-refractivity contribution in [2.45, 2.75) is 31.2 Å². The van der Waals surface area contributed by atoms with E-state index in [-0.39, 0.29) is 10.8 Å². The molecule has 0 aliphatic carbocycles. The molecular weight excluding hydrogens is 310 g/mol. The summed E-state index contributed by atoms with van der Waals surface area (Å²) in [5.74, 6) is -0.0151. The van der Waals surface area contributed by atoms with Crippen molar-refractivity contribution in [3.05, 3.63) is 65.2 Å². The number of benzene rings is 2. The Morgan fingerprint density at radius 3 is 2.35 bits per heavy atom. The van der Waals surface area contributed by atoms with Crippen LogP contribution < -0.4 is 5.32 Å². The van der Waals surface area contributed by atoms with Gasteiger partial charge in [0, 0.05) is 19.2 Å². The number of nitrogens with one attached hydrogen (secondary N) is 1. The first kappa shape index (κ1) is 17.2. The molecule has 0 aliphatic rings. The number of amides is 1. The summed E-state index contributed by atoms with van der Waals surface area (Å²) in [4.78, 5) is 12.2. The largest absolute Gasteiger partial charge is 0.352 e. The molecule has 122 valence electrons. The third-order valence-corrected chi connectivity index (χ3v) is 4.69. The lowest BCUT2D eigenvalue weighted by Gasteiger charge is -2.07. The van der Waals surface area contributed by atoms with E-state index in [1.54, 1.807) is 24.3 Å². The Morgan fingerprint density at radius 1 is 1.04 bits per heavy atom. The van der Waals surface area contributed by atoms with Gasteiger partial charge in [0.15, 0.2) is 9.84 Å². The Bertz CT molecular complexity index is 780. The molecule has 2 rings (SSSR count). The molecule has 0 bridgehead atoms. The molecule has 1 N–H and O–H groups in total. The van der Waals surface area contributed by atoms with Gasteiger partial charge in [-0.15, -0.1) is 0 Å². The summed E-state index contributed by atoms with van der Waals surface area (Å²) in [5.41, 5.74) is 3.22. The number of carbonyl (C=O) groups excluding carboxylic acids is 1. The van der Waals surface area contributed by atoms with Gasteiger partial charge in [-0.05, 0) is 36.6 Å². The van der Waals surface area contributed by atoms with Crippen LogP contribution in [0.5, 0.6) is 0 Å². The SMILES string of the molecule is Cc1cccc(CCC(=O)NCc2ccc(S(C)(=O)=O)cc2)c1. The zero-order valence-electron chi connectivity index (χ0n) is 13.4. The monoisotopic (exact) mass is 331 g/mol. The summed E-state index contributed by atoms with van der Waals surface area (Å²) in [6.07, 6.45) is 2.32. The average Bonchev–Trinajstić information content (AvgIpc) is 2.50. The number of rotatable bonds is 6. The lowest BCUT2D eigenvalue weighted by molar-refractivity contribution is -0.121. The van der Waals surface area contributed by atoms with Gasteiger partial charge in [0.1, 0.15) is 0 Å². The highest BCUT2D eigenvalue weighted by Gasteiger charge is 2.07. The van der Waals surface area contributed by atoms with E-state index in [4.69, 9.17) is 0 Å².